The van der Waals surface area contributed by atoms with Gasteiger partial charge in [-0.2, -0.15) is 0 Å². The van der Waals surface area contributed by atoms with Gasteiger partial charge in [-0.25, -0.2) is 0 Å². The van der Waals surface area contributed by atoms with Gasteiger partial charge in [0, 0.05) is 18.8 Å². The lowest BCUT2D eigenvalue weighted by atomic mass is 9.98. The summed E-state index contributed by atoms with van der Waals surface area (Å²) in [4.78, 5) is 12.8. The van der Waals surface area contributed by atoms with Gasteiger partial charge in [0.05, 0.1) is 12.7 Å². The van der Waals surface area contributed by atoms with E-state index in [1.54, 1.807) is 18.7 Å². The molecule has 3 nitrogen and oxygen atoms in total. The Morgan fingerprint density at radius 3 is 1.83 bits per heavy atom. The van der Waals surface area contributed by atoms with Crippen LogP contribution < -0.4 is 10.3 Å². The maximum atomic E-state index is 12.8. The van der Waals surface area contributed by atoms with Gasteiger partial charge in [-0.05, 0) is 25.0 Å². The number of ether oxygens (including phenoxy) is 1. The summed E-state index contributed by atoms with van der Waals surface area (Å²) in [5.74, 6) is 0.616. The molecule has 0 aliphatic rings. The van der Waals surface area contributed by atoms with Gasteiger partial charge < -0.3 is 9.30 Å². The predicted molar refractivity (Wildman–Crippen MR) is 98.6 cm³/mol. The van der Waals surface area contributed by atoms with Crippen LogP contribution in [0.4, 0.5) is 0 Å². The first-order valence-corrected chi connectivity index (χ1v) is 7.93. The number of hydrogen-bond acceptors (Lipinski definition) is 2. The van der Waals surface area contributed by atoms with Crippen molar-refractivity contribution in [1.82, 2.24) is 4.57 Å². The lowest BCUT2D eigenvalue weighted by molar-refractivity contribution is 0.416. The van der Waals surface area contributed by atoms with Crippen molar-refractivity contribution >= 4 is 0 Å². The average molecular weight is 319 g/mol. The molecule has 0 aliphatic heterocycles. The molecule has 0 radical (unpaired) electrons. The van der Waals surface area contributed by atoms with Crippen LogP contribution >= 0.6 is 0 Å². The van der Waals surface area contributed by atoms with E-state index in [1.807, 2.05) is 37.4 Å². The van der Waals surface area contributed by atoms with Crippen LogP contribution in [0.25, 0.3) is 22.3 Å². The fraction of sp³-hybridized carbons (Fsp3) is 0.190. The lowest BCUT2D eigenvalue weighted by Crippen LogP contribution is -2.19. The van der Waals surface area contributed by atoms with Crippen LogP contribution in [0.1, 0.15) is 11.1 Å². The third kappa shape index (κ3) is 2.85. The number of benzene rings is 2. The first-order chi connectivity index (χ1) is 11.5. The molecule has 0 N–H and O–H groups in total. The number of aryl methyl sites for hydroxylation is 3. The van der Waals surface area contributed by atoms with Crippen LogP contribution in [-0.2, 0) is 7.05 Å². The van der Waals surface area contributed by atoms with Gasteiger partial charge in [-0.3, -0.25) is 4.79 Å². The summed E-state index contributed by atoms with van der Waals surface area (Å²) in [6, 6.07) is 16.2. The highest BCUT2D eigenvalue weighted by atomic mass is 16.5. The van der Waals surface area contributed by atoms with Gasteiger partial charge in [-0.15, -0.1) is 0 Å². The van der Waals surface area contributed by atoms with Gasteiger partial charge in [0.25, 0.3) is 5.56 Å². The summed E-state index contributed by atoms with van der Waals surface area (Å²) in [5, 5.41) is 0. The van der Waals surface area contributed by atoms with E-state index in [4.69, 9.17) is 4.74 Å². The van der Waals surface area contributed by atoms with Crippen LogP contribution in [0, 0.1) is 13.8 Å². The molecule has 3 rings (SSSR count). The van der Waals surface area contributed by atoms with Crippen LogP contribution in [0.15, 0.2) is 59.5 Å². The van der Waals surface area contributed by atoms with Crippen molar-refractivity contribution in [2.75, 3.05) is 7.11 Å². The van der Waals surface area contributed by atoms with Gasteiger partial charge in [0.15, 0.2) is 0 Å². The number of nitrogens with zero attached hydrogens (tertiary/aromatic N) is 1. The van der Waals surface area contributed by atoms with Crippen LogP contribution in [-0.4, -0.2) is 11.7 Å². The second kappa shape index (κ2) is 6.36. The third-order valence-electron chi connectivity index (χ3n) is 4.24. The summed E-state index contributed by atoms with van der Waals surface area (Å²) in [6.07, 6.45) is 1.84. The molecular formula is C21H21NO2. The molecule has 0 fully saturated rings. The summed E-state index contributed by atoms with van der Waals surface area (Å²) in [6.45, 7) is 4.08. The van der Waals surface area contributed by atoms with Crippen molar-refractivity contribution in [3.05, 3.63) is 76.2 Å². The molecule has 3 heteroatoms. The van der Waals surface area contributed by atoms with E-state index in [0.29, 0.717) is 11.3 Å². The van der Waals surface area contributed by atoms with Crippen molar-refractivity contribution in [2.24, 2.45) is 7.05 Å². The van der Waals surface area contributed by atoms with E-state index in [9.17, 15) is 4.79 Å². The molecule has 0 atom stereocenters. The molecule has 3 aromatic rings. The Morgan fingerprint density at radius 2 is 1.33 bits per heavy atom. The lowest BCUT2D eigenvalue weighted by Gasteiger charge is -2.16. The summed E-state index contributed by atoms with van der Waals surface area (Å²) >= 11 is 0. The van der Waals surface area contributed by atoms with E-state index in [0.717, 1.165) is 22.3 Å². The first kappa shape index (κ1) is 16.1. The van der Waals surface area contributed by atoms with Crippen molar-refractivity contribution in [3.63, 3.8) is 0 Å². The Hall–Kier alpha value is -2.81. The second-order valence-electron chi connectivity index (χ2n) is 6.10. The molecular weight excluding hydrogens is 298 g/mol. The molecule has 2 aromatic carbocycles. The highest BCUT2D eigenvalue weighted by Crippen LogP contribution is 2.36. The minimum Gasteiger partial charge on any atom is -0.495 e. The highest BCUT2D eigenvalue weighted by molar-refractivity contribution is 5.81. The SMILES string of the molecule is COc1c(-c2ccc(C)cc2)cn(C)c(=O)c1-c1ccc(C)cc1. The zero-order valence-corrected chi connectivity index (χ0v) is 14.5. The maximum absolute atomic E-state index is 12.8. The van der Waals surface area contributed by atoms with Crippen molar-refractivity contribution in [2.45, 2.75) is 13.8 Å². The van der Waals surface area contributed by atoms with Crippen LogP contribution in [0.2, 0.25) is 0 Å². The molecule has 0 bridgehead atoms. The summed E-state index contributed by atoms with van der Waals surface area (Å²) in [7, 11) is 3.39. The smallest absolute Gasteiger partial charge is 0.261 e. The Labute approximate surface area is 142 Å². The normalized spacial score (nSPS) is 10.7. The van der Waals surface area contributed by atoms with Gasteiger partial charge in [-0.1, -0.05) is 59.7 Å². The standard InChI is InChI=1S/C21H21NO2/c1-14-5-9-16(10-6-14)18-13-22(3)21(23)19(20(18)24-4)17-11-7-15(2)8-12-17/h5-13H,1-4H3. The van der Waals surface area contributed by atoms with E-state index < -0.39 is 0 Å². The van der Waals surface area contributed by atoms with Crippen LogP contribution in [0.5, 0.6) is 5.75 Å². The number of hydrogen-bond donors (Lipinski definition) is 0. The zero-order chi connectivity index (χ0) is 17.3. The molecule has 0 saturated heterocycles. The van der Waals surface area contributed by atoms with E-state index >= 15 is 0 Å². The number of pyridine rings is 1. The largest absolute Gasteiger partial charge is 0.495 e. The molecule has 0 saturated carbocycles. The Morgan fingerprint density at radius 1 is 0.833 bits per heavy atom. The van der Waals surface area contributed by atoms with Crippen molar-refractivity contribution < 1.29 is 4.74 Å². The van der Waals surface area contributed by atoms with Gasteiger partial charge in [0.1, 0.15) is 5.75 Å². The minimum atomic E-state index is -0.0634. The van der Waals surface area contributed by atoms with E-state index in [-0.39, 0.29) is 5.56 Å². The first-order valence-electron chi connectivity index (χ1n) is 7.93. The molecule has 0 spiro atoms. The summed E-state index contributed by atoms with van der Waals surface area (Å²) < 4.78 is 7.29. The average Bonchev–Trinajstić information content (AvgIpc) is 2.58. The Balaban J connectivity index is 2.30. The fourth-order valence-corrected chi connectivity index (χ4v) is 2.84. The molecule has 0 aliphatic carbocycles. The number of aromatic nitrogens is 1. The molecule has 1 aromatic heterocycles. The van der Waals surface area contributed by atoms with E-state index in [1.165, 1.54) is 5.56 Å². The molecule has 1 heterocycles. The molecule has 24 heavy (non-hydrogen) atoms. The Kier molecular flexibility index (Phi) is 4.26. The quantitative estimate of drug-likeness (QED) is 0.719. The Bertz CT molecular complexity index is 920. The number of methoxy groups -OCH3 is 1. The van der Waals surface area contributed by atoms with Gasteiger partial charge in [0.2, 0.25) is 0 Å². The fourth-order valence-electron chi connectivity index (χ4n) is 2.84. The van der Waals surface area contributed by atoms with Crippen molar-refractivity contribution in [1.29, 1.82) is 0 Å². The third-order valence-corrected chi connectivity index (χ3v) is 4.24. The number of rotatable bonds is 3. The second-order valence-corrected chi connectivity index (χ2v) is 6.10. The van der Waals surface area contributed by atoms with Crippen molar-refractivity contribution in [3.8, 4) is 28.0 Å². The predicted octanol–water partition coefficient (Wildman–Crippen LogP) is 4.34. The molecule has 0 amide bonds. The van der Waals surface area contributed by atoms with Crippen LogP contribution in [0.3, 0.4) is 0 Å². The monoisotopic (exact) mass is 319 g/mol. The minimum absolute atomic E-state index is 0.0634. The maximum Gasteiger partial charge on any atom is 0.261 e. The zero-order valence-electron chi connectivity index (χ0n) is 14.5. The van der Waals surface area contributed by atoms with E-state index in [2.05, 4.69) is 31.2 Å². The summed E-state index contributed by atoms with van der Waals surface area (Å²) in [5.41, 5.74) is 5.69. The molecule has 0 unspecified atom stereocenters. The molecule has 122 valence electrons. The highest BCUT2D eigenvalue weighted by Gasteiger charge is 2.18. The topological polar surface area (TPSA) is 31.2 Å². The van der Waals surface area contributed by atoms with Gasteiger partial charge >= 0.3 is 0 Å².